The number of ether oxygens (including phenoxy) is 2. The predicted octanol–water partition coefficient (Wildman–Crippen LogP) is 0.446. The summed E-state index contributed by atoms with van der Waals surface area (Å²) in [4.78, 5) is 11.6. The zero-order valence-electron chi connectivity index (χ0n) is 10.2. The van der Waals surface area contributed by atoms with Crippen LogP contribution in [0.1, 0.15) is 15.9 Å². The molecule has 0 fully saturated rings. The van der Waals surface area contributed by atoms with Crippen LogP contribution in [0.3, 0.4) is 0 Å². The second-order valence-electron chi connectivity index (χ2n) is 3.65. The van der Waals surface area contributed by atoms with E-state index in [0.29, 0.717) is 5.56 Å². The van der Waals surface area contributed by atoms with Crippen LogP contribution in [0, 0.1) is 6.92 Å². The highest BCUT2D eigenvalue weighted by molar-refractivity contribution is 7.89. The van der Waals surface area contributed by atoms with Crippen molar-refractivity contribution < 1.29 is 22.7 Å². The van der Waals surface area contributed by atoms with Crippen LogP contribution in [0.4, 0.5) is 0 Å². The molecule has 1 aromatic carbocycles. The Kier molecular flexibility index (Phi) is 4.83. The molecular weight excluding hydrogens is 258 g/mol. The Hall–Kier alpha value is -1.44. The van der Waals surface area contributed by atoms with Crippen LogP contribution in [-0.2, 0) is 19.5 Å². The van der Waals surface area contributed by atoms with E-state index in [4.69, 9.17) is 14.6 Å². The Morgan fingerprint density at radius 3 is 2.56 bits per heavy atom. The maximum Gasteiger partial charge on any atom is 0.338 e. The molecule has 0 unspecified atom stereocenters. The summed E-state index contributed by atoms with van der Waals surface area (Å²) in [5, 5.41) is 5.00. The van der Waals surface area contributed by atoms with Crippen molar-refractivity contribution in [3.8, 4) is 0 Å². The van der Waals surface area contributed by atoms with E-state index in [1.54, 1.807) is 6.92 Å². The molecule has 0 radical (unpaired) electrons. The fourth-order valence-corrected chi connectivity index (χ4v) is 1.83. The summed E-state index contributed by atoms with van der Waals surface area (Å²) in [5.41, 5.74) is 0.794. The third-order valence-electron chi connectivity index (χ3n) is 2.28. The fourth-order valence-electron chi connectivity index (χ4n) is 1.29. The number of rotatable bonds is 5. The number of hydrogen-bond acceptors (Lipinski definition) is 5. The Morgan fingerprint density at radius 1 is 1.33 bits per heavy atom. The molecule has 100 valence electrons. The molecule has 0 aromatic heterocycles. The van der Waals surface area contributed by atoms with Crippen LogP contribution in [-0.4, -0.2) is 34.7 Å². The van der Waals surface area contributed by atoms with E-state index in [2.05, 4.69) is 0 Å². The van der Waals surface area contributed by atoms with Crippen molar-refractivity contribution in [1.29, 1.82) is 0 Å². The van der Waals surface area contributed by atoms with E-state index in [1.807, 2.05) is 0 Å². The molecule has 0 aliphatic rings. The molecule has 0 saturated carbocycles. The molecule has 0 atom stereocenters. The molecule has 0 aliphatic heterocycles. The first-order valence-corrected chi connectivity index (χ1v) is 6.70. The van der Waals surface area contributed by atoms with Gasteiger partial charge in [0.1, 0.15) is 6.61 Å². The lowest BCUT2D eigenvalue weighted by atomic mass is 10.1. The van der Waals surface area contributed by atoms with Crippen molar-refractivity contribution in [2.24, 2.45) is 5.14 Å². The summed E-state index contributed by atoms with van der Waals surface area (Å²) >= 11 is 0. The van der Waals surface area contributed by atoms with Gasteiger partial charge in [-0.05, 0) is 24.6 Å². The van der Waals surface area contributed by atoms with E-state index in [1.165, 1.54) is 25.3 Å². The largest absolute Gasteiger partial charge is 0.460 e. The molecule has 0 bridgehead atoms. The number of aryl methyl sites for hydroxylation is 1. The molecule has 0 aliphatic carbocycles. The monoisotopic (exact) mass is 273 g/mol. The van der Waals surface area contributed by atoms with Gasteiger partial charge in [0.05, 0.1) is 17.1 Å². The van der Waals surface area contributed by atoms with Crippen LogP contribution in [0.25, 0.3) is 0 Å². The average Bonchev–Trinajstić information content (AvgIpc) is 2.28. The van der Waals surface area contributed by atoms with E-state index >= 15 is 0 Å². The van der Waals surface area contributed by atoms with Gasteiger partial charge >= 0.3 is 5.97 Å². The molecule has 1 aromatic rings. The van der Waals surface area contributed by atoms with Gasteiger partial charge in [-0.3, -0.25) is 0 Å². The maximum absolute atomic E-state index is 11.7. The number of carbonyl (C=O) groups is 1. The lowest BCUT2D eigenvalue weighted by molar-refractivity contribution is 0.0387. The zero-order chi connectivity index (χ0) is 13.8. The number of methoxy groups -OCH3 is 1. The van der Waals surface area contributed by atoms with Gasteiger partial charge < -0.3 is 9.47 Å². The highest BCUT2D eigenvalue weighted by atomic mass is 32.2. The van der Waals surface area contributed by atoms with Crippen LogP contribution in [0.15, 0.2) is 23.1 Å². The second kappa shape index (κ2) is 5.94. The van der Waals surface area contributed by atoms with E-state index < -0.39 is 16.0 Å². The van der Waals surface area contributed by atoms with Crippen molar-refractivity contribution >= 4 is 16.0 Å². The predicted molar refractivity (Wildman–Crippen MR) is 64.7 cm³/mol. The number of esters is 1. The Balaban J connectivity index is 2.97. The summed E-state index contributed by atoms with van der Waals surface area (Å²) in [6, 6.07) is 4.06. The van der Waals surface area contributed by atoms with Gasteiger partial charge in [0.2, 0.25) is 10.0 Å². The highest BCUT2D eigenvalue weighted by Gasteiger charge is 2.15. The molecule has 0 amide bonds. The Bertz CT molecular complexity index is 538. The fraction of sp³-hybridized carbons (Fsp3) is 0.364. The molecule has 6 nitrogen and oxygen atoms in total. The standard InChI is InChI=1S/C11H15NO5S/c1-8-3-4-9(18(12,14)15)7-10(8)11(13)17-6-5-16-2/h3-4,7H,5-6H2,1-2H3,(H2,12,14,15). The van der Waals surface area contributed by atoms with Crippen molar-refractivity contribution in [2.45, 2.75) is 11.8 Å². The normalized spacial score (nSPS) is 11.3. The summed E-state index contributed by atoms with van der Waals surface area (Å²) in [6.45, 7) is 2.06. The minimum Gasteiger partial charge on any atom is -0.460 e. The molecule has 18 heavy (non-hydrogen) atoms. The lowest BCUT2D eigenvalue weighted by Crippen LogP contribution is -2.15. The van der Waals surface area contributed by atoms with Gasteiger partial charge in [-0.25, -0.2) is 18.4 Å². The molecular formula is C11H15NO5S. The number of primary sulfonamides is 1. The number of sulfonamides is 1. The van der Waals surface area contributed by atoms with Crippen molar-refractivity contribution in [2.75, 3.05) is 20.3 Å². The van der Waals surface area contributed by atoms with E-state index in [0.717, 1.165) is 0 Å². The number of nitrogens with two attached hydrogens (primary N) is 1. The third kappa shape index (κ3) is 3.80. The summed E-state index contributed by atoms with van der Waals surface area (Å²) in [7, 11) is -2.35. The van der Waals surface area contributed by atoms with Gasteiger partial charge in [-0.2, -0.15) is 0 Å². The SMILES string of the molecule is COCCOC(=O)c1cc(S(N)(=O)=O)ccc1C. The lowest BCUT2D eigenvalue weighted by Gasteiger charge is -2.08. The van der Waals surface area contributed by atoms with E-state index in [-0.39, 0.29) is 23.7 Å². The molecule has 0 heterocycles. The van der Waals surface area contributed by atoms with Crippen molar-refractivity contribution in [3.63, 3.8) is 0 Å². The molecule has 1 rings (SSSR count). The maximum atomic E-state index is 11.7. The topological polar surface area (TPSA) is 95.7 Å². The summed E-state index contributed by atoms with van der Waals surface area (Å²) < 4.78 is 32.0. The van der Waals surface area contributed by atoms with Gasteiger partial charge in [-0.15, -0.1) is 0 Å². The Labute approximate surface area is 106 Å². The van der Waals surface area contributed by atoms with E-state index in [9.17, 15) is 13.2 Å². The Morgan fingerprint density at radius 2 is 2.00 bits per heavy atom. The van der Waals surface area contributed by atoms with Gasteiger partial charge in [0, 0.05) is 7.11 Å². The third-order valence-corrected chi connectivity index (χ3v) is 3.19. The van der Waals surface area contributed by atoms with Crippen LogP contribution < -0.4 is 5.14 Å². The number of benzene rings is 1. The first kappa shape index (κ1) is 14.6. The molecule has 0 spiro atoms. The minimum atomic E-state index is -3.83. The second-order valence-corrected chi connectivity index (χ2v) is 5.21. The number of hydrogen-bond donors (Lipinski definition) is 1. The number of carbonyl (C=O) groups excluding carboxylic acids is 1. The smallest absolute Gasteiger partial charge is 0.338 e. The van der Waals surface area contributed by atoms with Crippen molar-refractivity contribution in [1.82, 2.24) is 0 Å². The minimum absolute atomic E-state index is 0.106. The van der Waals surface area contributed by atoms with Gasteiger partial charge in [0.25, 0.3) is 0 Å². The zero-order valence-corrected chi connectivity index (χ0v) is 11.0. The van der Waals surface area contributed by atoms with Gasteiger partial charge in [0.15, 0.2) is 0 Å². The first-order chi connectivity index (χ1) is 8.36. The molecule has 0 saturated heterocycles. The van der Waals surface area contributed by atoms with Crippen LogP contribution in [0.2, 0.25) is 0 Å². The molecule has 2 N–H and O–H groups in total. The highest BCUT2D eigenvalue weighted by Crippen LogP contribution is 2.15. The average molecular weight is 273 g/mol. The quantitative estimate of drug-likeness (QED) is 0.620. The van der Waals surface area contributed by atoms with Crippen molar-refractivity contribution in [3.05, 3.63) is 29.3 Å². The summed E-state index contributed by atoms with van der Waals surface area (Å²) in [5.74, 6) is -0.602. The van der Waals surface area contributed by atoms with Crippen LogP contribution in [0.5, 0.6) is 0 Å². The molecule has 7 heteroatoms. The van der Waals surface area contributed by atoms with Gasteiger partial charge in [-0.1, -0.05) is 6.07 Å². The summed E-state index contributed by atoms with van der Waals surface area (Å²) in [6.07, 6.45) is 0. The van der Waals surface area contributed by atoms with Crippen LogP contribution >= 0.6 is 0 Å². The first-order valence-electron chi connectivity index (χ1n) is 5.16.